The third kappa shape index (κ3) is 3.97. The Kier molecular flexibility index (Phi) is 7.41. The molecule has 5 aliphatic carbocycles. The van der Waals surface area contributed by atoms with Crippen LogP contribution in [-0.4, -0.2) is 16.0 Å². The third-order valence-corrected chi connectivity index (χ3v) is 12.6. The van der Waals surface area contributed by atoms with Crippen LogP contribution < -0.4 is 0 Å². The first-order chi connectivity index (χ1) is 16.8. The Morgan fingerprint density at radius 2 is 1.56 bits per heavy atom. The third-order valence-electron chi connectivity index (χ3n) is 12.1. The number of hydrogen-bond donors (Lipinski definition) is 0. The summed E-state index contributed by atoms with van der Waals surface area (Å²) >= 11 is 3.23. The molecular weight excluding hydrogens is 499 g/mol. The predicted octanol–water partition coefficient (Wildman–Crippen LogP) is 9.99. The van der Waals surface area contributed by atoms with Crippen molar-refractivity contribution in [2.45, 2.75) is 107 Å². The van der Waals surface area contributed by atoms with Crippen LogP contribution in [0.3, 0.4) is 0 Å². The smallest absolute Gasteiger partial charge is 0.0683 e. The molecule has 0 saturated heterocycles. The van der Waals surface area contributed by atoms with Crippen molar-refractivity contribution in [3.05, 3.63) is 58.7 Å². The van der Waals surface area contributed by atoms with E-state index in [9.17, 15) is 0 Å². The molecule has 0 bridgehead atoms. The summed E-state index contributed by atoms with van der Waals surface area (Å²) in [5, 5.41) is 0. The Balaban J connectivity index is 0.00000148. The molecule has 3 saturated carbocycles. The summed E-state index contributed by atoms with van der Waals surface area (Å²) in [7, 11) is 0. The fourth-order valence-corrected chi connectivity index (χ4v) is 11.3. The van der Waals surface area contributed by atoms with Gasteiger partial charge in [0.05, 0.1) is 0 Å². The summed E-state index contributed by atoms with van der Waals surface area (Å²) in [6.07, 6.45) is 15.8. The van der Waals surface area contributed by atoms with E-state index in [0.717, 1.165) is 22.7 Å². The van der Waals surface area contributed by atoms with Gasteiger partial charge in [-0.2, -0.15) is 0 Å². The first kappa shape index (κ1) is 28.2. The van der Waals surface area contributed by atoms with Crippen molar-refractivity contribution in [2.75, 3.05) is 0 Å². The zero-order chi connectivity index (χ0) is 26.8. The van der Waals surface area contributed by atoms with Gasteiger partial charge in [-0.25, -0.2) is 0 Å². The van der Waals surface area contributed by atoms with Crippen LogP contribution >= 0.6 is 0 Å². The minimum atomic E-state index is 0.157. The number of hydrogen-bond acceptors (Lipinski definition) is 0. The Morgan fingerprint density at radius 3 is 2.17 bits per heavy atom. The normalized spacial score (nSPS) is 44.8. The predicted molar refractivity (Wildman–Crippen MR) is 159 cm³/mol. The van der Waals surface area contributed by atoms with Crippen LogP contribution in [-0.2, 0) is 0 Å². The van der Waals surface area contributed by atoms with E-state index >= 15 is 0 Å². The molecule has 8 atom stereocenters. The summed E-state index contributed by atoms with van der Waals surface area (Å²) in [4.78, 5) is 0. The summed E-state index contributed by atoms with van der Waals surface area (Å²) in [5.41, 5.74) is 7.32. The SMILES string of the molecule is C=C([Se])C1=CCC2(C)C(CCC3(C)C4CCC5(C)CCC(C(=C)C)CC5C4=CC(=C)C32)C1(C)C.CC. The second kappa shape index (κ2) is 9.45. The van der Waals surface area contributed by atoms with Crippen LogP contribution in [0.5, 0.6) is 0 Å². The molecule has 0 nitrogen and oxygen atoms in total. The van der Waals surface area contributed by atoms with Crippen LogP contribution in [0.15, 0.2) is 58.7 Å². The van der Waals surface area contributed by atoms with Gasteiger partial charge in [-0.05, 0) is 13.3 Å². The monoisotopic (exact) mass is 553 g/mol. The van der Waals surface area contributed by atoms with Crippen molar-refractivity contribution >= 4 is 16.0 Å². The second-order valence-corrected chi connectivity index (χ2v) is 15.4. The molecular formula is C35H53Se. The van der Waals surface area contributed by atoms with Crippen molar-refractivity contribution in [2.24, 2.45) is 51.2 Å². The van der Waals surface area contributed by atoms with Gasteiger partial charge < -0.3 is 0 Å². The Hall–Kier alpha value is -0.781. The summed E-state index contributed by atoms with van der Waals surface area (Å²) in [6.45, 7) is 32.6. The van der Waals surface area contributed by atoms with Gasteiger partial charge in [0.1, 0.15) is 0 Å². The topological polar surface area (TPSA) is 0 Å². The maximum atomic E-state index is 4.85. The molecule has 8 unspecified atom stereocenters. The fourth-order valence-electron chi connectivity index (χ4n) is 10.5. The Morgan fingerprint density at radius 1 is 0.917 bits per heavy atom. The first-order valence-corrected chi connectivity index (χ1v) is 15.7. The number of fused-ring (bicyclic) bond motifs is 7. The maximum absolute atomic E-state index is 4.85. The van der Waals surface area contributed by atoms with Crippen molar-refractivity contribution in [1.29, 1.82) is 0 Å². The first-order valence-electron chi connectivity index (χ1n) is 14.9. The molecule has 0 aromatic carbocycles. The molecule has 0 aromatic heterocycles. The second-order valence-electron chi connectivity index (χ2n) is 14.3. The Labute approximate surface area is 232 Å². The molecule has 0 heterocycles. The van der Waals surface area contributed by atoms with Gasteiger partial charge in [-0.3, -0.25) is 0 Å². The quantitative estimate of drug-likeness (QED) is 0.236. The van der Waals surface area contributed by atoms with Gasteiger partial charge >= 0.3 is 193 Å². The summed E-state index contributed by atoms with van der Waals surface area (Å²) in [6, 6.07) is 0. The largest absolute Gasteiger partial charge is 0.0683 e. The van der Waals surface area contributed by atoms with E-state index in [2.05, 4.69) is 82.9 Å². The maximum Gasteiger partial charge on any atom is -0.0683 e. The van der Waals surface area contributed by atoms with Crippen LogP contribution in [0.2, 0.25) is 0 Å². The van der Waals surface area contributed by atoms with E-state index in [1.165, 1.54) is 61.7 Å². The van der Waals surface area contributed by atoms with Gasteiger partial charge in [0.25, 0.3) is 0 Å². The molecule has 0 aliphatic heterocycles. The zero-order valence-corrected chi connectivity index (χ0v) is 26.4. The fraction of sp³-hybridized carbons (Fsp3) is 0.714. The van der Waals surface area contributed by atoms with E-state index in [0.29, 0.717) is 28.6 Å². The van der Waals surface area contributed by atoms with Crippen molar-refractivity contribution in [3.63, 3.8) is 0 Å². The van der Waals surface area contributed by atoms with E-state index in [1.807, 2.05) is 13.8 Å². The van der Waals surface area contributed by atoms with Crippen LogP contribution in [0.25, 0.3) is 0 Å². The minimum Gasteiger partial charge on any atom is -0.0683 e. The molecule has 5 aliphatic rings. The minimum absolute atomic E-state index is 0.157. The molecule has 0 amide bonds. The van der Waals surface area contributed by atoms with E-state index < -0.39 is 0 Å². The molecule has 5 rings (SSSR count). The average Bonchev–Trinajstić information content (AvgIpc) is 2.78. The van der Waals surface area contributed by atoms with Crippen LogP contribution in [0.1, 0.15) is 107 Å². The van der Waals surface area contributed by atoms with E-state index in [-0.39, 0.29) is 10.8 Å². The van der Waals surface area contributed by atoms with Crippen LogP contribution in [0, 0.1) is 51.2 Å². The van der Waals surface area contributed by atoms with E-state index in [4.69, 9.17) is 6.58 Å². The van der Waals surface area contributed by atoms with Crippen molar-refractivity contribution < 1.29 is 0 Å². The number of allylic oxidation sites excluding steroid dienone is 7. The molecule has 1 radical (unpaired) electrons. The average molecular weight is 553 g/mol. The van der Waals surface area contributed by atoms with Crippen molar-refractivity contribution in [3.8, 4) is 0 Å². The van der Waals surface area contributed by atoms with Gasteiger partial charge in [-0.1, -0.05) is 26.0 Å². The number of rotatable bonds is 2. The molecule has 0 N–H and O–H groups in total. The van der Waals surface area contributed by atoms with Gasteiger partial charge in [0, 0.05) is 0 Å². The standard InChI is InChI=1S/C33H47Se.C2H6/c1-20(2)23-10-14-31(7)15-11-26-24(27(31)19-23)18-21(3)29-32(26,8)17-13-28-30(5,6)25(22(4)34)12-16-33(28,29)9;1-2/h12,18,23,26-29H,1,3-4,10-11,13-17,19H2,2,5-9H3;1-2H3. The van der Waals surface area contributed by atoms with Crippen molar-refractivity contribution in [1.82, 2.24) is 0 Å². The molecule has 3 fully saturated rings. The molecule has 1 heteroatoms. The summed E-state index contributed by atoms with van der Waals surface area (Å²) in [5.74, 6) is 3.39. The Bertz CT molecular complexity index is 1010. The molecule has 36 heavy (non-hydrogen) atoms. The van der Waals surface area contributed by atoms with Gasteiger partial charge in [-0.15, -0.1) is 0 Å². The zero-order valence-electron chi connectivity index (χ0n) is 24.7. The molecule has 199 valence electrons. The van der Waals surface area contributed by atoms with Gasteiger partial charge in [0.15, 0.2) is 0 Å². The summed E-state index contributed by atoms with van der Waals surface area (Å²) < 4.78 is 1.14. The molecule has 0 spiro atoms. The van der Waals surface area contributed by atoms with Crippen LogP contribution in [0.4, 0.5) is 0 Å². The van der Waals surface area contributed by atoms with E-state index in [1.54, 1.807) is 5.57 Å². The molecule has 0 aromatic rings. The van der Waals surface area contributed by atoms with Gasteiger partial charge in [0.2, 0.25) is 0 Å².